The van der Waals surface area contributed by atoms with Gasteiger partial charge in [0.05, 0.1) is 17.8 Å². The van der Waals surface area contributed by atoms with Crippen molar-refractivity contribution in [1.29, 1.82) is 0 Å². The zero-order valence-electron chi connectivity index (χ0n) is 45.9. The highest BCUT2D eigenvalue weighted by Gasteiger charge is 2.52. The largest absolute Gasteiger partial charge is 0.412 e. The van der Waals surface area contributed by atoms with Crippen molar-refractivity contribution < 1.29 is 22.4 Å². The average molecular weight is 948 g/mol. The highest BCUT2D eigenvalue weighted by atomic mass is 28.4. The molecule has 3 saturated carbocycles. The van der Waals surface area contributed by atoms with Crippen LogP contribution in [0.15, 0.2) is 35.5 Å². The van der Waals surface area contributed by atoms with Crippen molar-refractivity contribution in [2.75, 3.05) is 0 Å². The Balaban J connectivity index is 2.00. The summed E-state index contributed by atoms with van der Waals surface area (Å²) in [6.45, 7) is 57.0. The quantitative estimate of drug-likeness (QED) is 0.0847. The third kappa shape index (κ3) is 15.2. The summed E-state index contributed by atoms with van der Waals surface area (Å²) >= 11 is 0. The first-order chi connectivity index (χ1) is 28.7. The molecular weight excluding hydrogens is 841 g/mol. The lowest BCUT2D eigenvalue weighted by Crippen LogP contribution is -2.58. The molecule has 0 aliphatic heterocycles. The van der Waals surface area contributed by atoms with Crippen molar-refractivity contribution in [2.24, 2.45) is 28.6 Å². The van der Waals surface area contributed by atoms with Crippen molar-refractivity contribution in [3.63, 3.8) is 0 Å². The van der Waals surface area contributed by atoms with Crippen LogP contribution in [0.3, 0.4) is 0 Å². The van der Waals surface area contributed by atoms with E-state index in [2.05, 4.69) is 162 Å². The van der Waals surface area contributed by atoms with E-state index in [4.69, 9.17) is 29.0 Å². The van der Waals surface area contributed by atoms with Gasteiger partial charge in [-0.15, -0.1) is 0 Å². The van der Waals surface area contributed by atoms with Crippen molar-refractivity contribution in [3.8, 4) is 0 Å². The van der Waals surface area contributed by atoms with Crippen LogP contribution < -0.4 is 0 Å². The van der Waals surface area contributed by atoms with E-state index < -0.39 is 34.0 Å². The van der Waals surface area contributed by atoms with Gasteiger partial charge in [0.25, 0.3) is 0 Å². The minimum absolute atomic E-state index is 0.0273. The summed E-state index contributed by atoms with van der Waals surface area (Å²) in [5, 5.41) is 0.0864. The van der Waals surface area contributed by atoms with Crippen LogP contribution in [0.4, 0.5) is 0 Å². The number of hydrogen-bond donors (Lipinski definition) is 0. The predicted molar refractivity (Wildman–Crippen MR) is 285 cm³/mol. The van der Waals surface area contributed by atoms with Crippen molar-refractivity contribution in [1.82, 2.24) is 0 Å². The van der Waals surface area contributed by atoms with Gasteiger partial charge < -0.3 is 22.4 Å². The number of hydrogen-bond acceptors (Lipinski definition) is 5. The van der Waals surface area contributed by atoms with E-state index in [-0.39, 0.29) is 45.7 Å². The summed E-state index contributed by atoms with van der Waals surface area (Å²) in [4.78, 5) is 0. The summed E-state index contributed by atoms with van der Waals surface area (Å²) in [5.41, 5.74) is 4.53. The summed E-state index contributed by atoms with van der Waals surface area (Å²) in [7, 11) is -7.52. The second-order valence-electron chi connectivity index (χ2n) is 26.3. The van der Waals surface area contributed by atoms with E-state index >= 15 is 0 Å². The Bertz CT molecular complexity index is 1510. The molecule has 8 atom stereocenters. The Labute approximate surface area is 397 Å². The first kappa shape index (κ1) is 57.2. The number of ether oxygens (including phenoxy) is 1. The second-order valence-corrected chi connectivity index (χ2v) is 42.8. The molecule has 0 amide bonds. The van der Waals surface area contributed by atoms with Gasteiger partial charge >= 0.3 is 0 Å². The topological polar surface area (TPSA) is 46.2 Å². The Kier molecular flexibility index (Phi) is 20.1. The van der Waals surface area contributed by atoms with E-state index in [1.165, 1.54) is 68.7 Å². The van der Waals surface area contributed by atoms with Gasteiger partial charge in [0.1, 0.15) is 12.4 Å². The molecule has 1 unspecified atom stereocenters. The monoisotopic (exact) mass is 947 g/mol. The first-order valence-electron chi connectivity index (χ1n) is 26.1. The van der Waals surface area contributed by atoms with Crippen molar-refractivity contribution >= 4 is 34.0 Å². The van der Waals surface area contributed by atoms with E-state index in [9.17, 15) is 0 Å². The van der Waals surface area contributed by atoms with E-state index in [1.807, 2.05) is 0 Å². The minimum Gasteiger partial charge on any atom is -0.412 e. The Morgan fingerprint density at radius 2 is 1.38 bits per heavy atom. The van der Waals surface area contributed by atoms with Gasteiger partial charge in [0.2, 0.25) is 0 Å². The van der Waals surface area contributed by atoms with Gasteiger partial charge in [-0.3, -0.25) is 0 Å². The second kappa shape index (κ2) is 22.1. The average Bonchev–Trinajstić information content (AvgIpc) is 3.50. The van der Waals surface area contributed by atoms with E-state index in [1.54, 1.807) is 5.57 Å². The van der Waals surface area contributed by atoms with Gasteiger partial charge in [-0.1, -0.05) is 134 Å². The molecule has 3 rings (SSSR count). The fourth-order valence-corrected chi connectivity index (χ4v) is 17.6. The van der Waals surface area contributed by atoms with E-state index in [0.29, 0.717) is 11.3 Å². The molecule has 3 aliphatic rings. The summed E-state index contributed by atoms with van der Waals surface area (Å²) < 4.78 is 36.2. The van der Waals surface area contributed by atoms with Gasteiger partial charge in [-0.2, -0.15) is 0 Å². The molecule has 0 spiro atoms. The van der Waals surface area contributed by atoms with Crippen LogP contribution in [-0.2, 0) is 22.4 Å². The highest BCUT2D eigenvalue weighted by Crippen LogP contribution is 2.60. The molecule has 0 N–H and O–H groups in total. The molecule has 368 valence electrons. The Morgan fingerprint density at radius 1 is 0.810 bits per heavy atom. The lowest BCUT2D eigenvalue weighted by molar-refractivity contribution is -0.181. The van der Waals surface area contributed by atoms with Gasteiger partial charge in [-0.05, 0) is 172 Å². The van der Waals surface area contributed by atoms with Crippen LogP contribution in [-0.4, -0.2) is 64.2 Å². The SMILES string of the molecule is C=C1/C(=C\C=C2/CCC[C@]3(C)[C@@H]([C@H](C)CCCC(C)(C)O[Si](CC)(CC)CC)CC[C@@H]23)C[C@@H](O[Si](C)(C)C(C)(C)C)[C@@H](OC(CCC(C)(C)C)O[SiH](C)C)[C@@H]1O[Si](C)(C)C(C)(C)C. The molecule has 9 heteroatoms. The molecule has 63 heavy (non-hydrogen) atoms. The summed E-state index contributed by atoms with van der Waals surface area (Å²) in [6.07, 6.45) is 16.8. The van der Waals surface area contributed by atoms with Crippen LogP contribution in [0.25, 0.3) is 0 Å². The van der Waals surface area contributed by atoms with Crippen LogP contribution >= 0.6 is 0 Å². The summed E-state index contributed by atoms with van der Waals surface area (Å²) in [5.74, 6) is 2.14. The van der Waals surface area contributed by atoms with Crippen molar-refractivity contribution in [3.05, 3.63) is 35.5 Å². The molecule has 0 aromatic rings. The zero-order chi connectivity index (χ0) is 48.2. The standard InChI is InChI=1S/C54H106O5Si4/c1-24-63(25-2,26-3)59-53(15,16)36-27-29-40(4)44-33-34-45-42(30-28-37-54(44,45)17)31-32-43-39-46(57-61(20,21)51(9,10)11)49(48(41(43)5)58-62(22,23)52(12,13)14)55-47(56-60(18)19)35-38-50(6,7)8/h31-32,40,44-49,60H,5,24-30,33-39H2,1-4,6-23H3/b42-31+,43-32-/t40-,44-,45+,46-,47?,48-,49-,54-/m1/s1. The van der Waals surface area contributed by atoms with Gasteiger partial charge in [0.15, 0.2) is 34.0 Å². The van der Waals surface area contributed by atoms with Crippen LogP contribution in [0.2, 0.25) is 67.5 Å². The maximum atomic E-state index is 7.53. The minimum atomic E-state index is -2.27. The molecule has 0 bridgehead atoms. The molecule has 5 nitrogen and oxygen atoms in total. The first-order valence-corrected chi connectivity index (χ1v) is 37.2. The lowest BCUT2D eigenvalue weighted by atomic mass is 9.60. The lowest BCUT2D eigenvalue weighted by Gasteiger charge is -2.50. The number of rotatable bonds is 21. The molecule has 0 heterocycles. The normalized spacial score (nSPS) is 28.3. The smallest absolute Gasteiger partial charge is 0.193 e. The molecule has 3 fully saturated rings. The summed E-state index contributed by atoms with van der Waals surface area (Å²) in [6, 6.07) is 3.67. The molecule has 0 aromatic carbocycles. The number of allylic oxidation sites excluding steroid dienone is 3. The van der Waals surface area contributed by atoms with E-state index in [0.717, 1.165) is 43.1 Å². The highest BCUT2D eigenvalue weighted by molar-refractivity contribution is 6.74. The maximum absolute atomic E-state index is 7.53. The maximum Gasteiger partial charge on any atom is 0.193 e. The van der Waals surface area contributed by atoms with Crippen LogP contribution in [0.5, 0.6) is 0 Å². The van der Waals surface area contributed by atoms with Gasteiger partial charge in [-0.25, -0.2) is 0 Å². The van der Waals surface area contributed by atoms with Crippen molar-refractivity contribution in [2.45, 2.75) is 279 Å². The third-order valence-electron chi connectivity index (χ3n) is 17.3. The third-order valence-corrected chi connectivity index (χ3v) is 31.9. The Morgan fingerprint density at radius 3 is 1.90 bits per heavy atom. The zero-order valence-corrected chi connectivity index (χ0v) is 50.1. The molecule has 0 aromatic heterocycles. The Hall–Kier alpha value is -0.112. The molecule has 0 radical (unpaired) electrons. The van der Waals surface area contributed by atoms with Crippen LogP contribution in [0, 0.1) is 28.6 Å². The van der Waals surface area contributed by atoms with Crippen LogP contribution in [0.1, 0.15) is 181 Å². The van der Waals surface area contributed by atoms with Gasteiger partial charge in [0, 0.05) is 6.42 Å². The fourth-order valence-electron chi connectivity index (χ4n) is 10.9. The number of fused-ring (bicyclic) bond motifs is 1. The molecule has 3 aliphatic carbocycles. The molecular formula is C54H106O5Si4. The molecule has 0 saturated heterocycles. The fraction of sp³-hybridized carbons (Fsp3) is 0.889. The predicted octanol–water partition coefficient (Wildman–Crippen LogP) is 16.9.